The Hall–Kier alpha value is -0.980. The van der Waals surface area contributed by atoms with Crippen LogP contribution in [0.3, 0.4) is 0 Å². The number of benzene rings is 1. The first-order valence-electron chi connectivity index (χ1n) is 6.36. The van der Waals surface area contributed by atoms with Gasteiger partial charge in [0.05, 0.1) is 0 Å². The van der Waals surface area contributed by atoms with Crippen LogP contribution in [-0.2, 0) is 16.6 Å². The minimum Gasteiger partial charge on any atom is -0.316 e. The summed E-state index contributed by atoms with van der Waals surface area (Å²) in [6.45, 7) is 4.24. The van der Waals surface area contributed by atoms with E-state index in [9.17, 15) is 12.8 Å². The molecule has 1 atom stereocenters. The summed E-state index contributed by atoms with van der Waals surface area (Å²) in [7, 11) is -2.04. The maximum atomic E-state index is 13.9. The Labute approximate surface area is 114 Å². The average molecular weight is 288 g/mol. The highest BCUT2D eigenvalue weighted by Crippen LogP contribution is 2.17. The van der Waals surface area contributed by atoms with E-state index in [1.807, 2.05) is 6.92 Å². The average Bonchev–Trinajstić information content (AvgIpc) is 2.28. The lowest BCUT2D eigenvalue weighted by molar-refractivity contribution is 0.530. The SMILES string of the molecule is CCCC(C)NS(=O)(=O)c1ccc(CNC)cc1F. The van der Waals surface area contributed by atoms with Crippen molar-refractivity contribution >= 4 is 10.0 Å². The second kappa shape index (κ2) is 6.98. The molecule has 108 valence electrons. The quantitative estimate of drug-likeness (QED) is 0.807. The number of sulfonamides is 1. The number of hydrogen-bond acceptors (Lipinski definition) is 3. The Morgan fingerprint density at radius 2 is 2.05 bits per heavy atom. The molecule has 1 rings (SSSR count). The van der Waals surface area contributed by atoms with Gasteiger partial charge in [-0.25, -0.2) is 17.5 Å². The second-order valence-corrected chi connectivity index (χ2v) is 6.29. The molecule has 0 spiro atoms. The van der Waals surface area contributed by atoms with Crippen LogP contribution in [0.4, 0.5) is 4.39 Å². The molecular formula is C13H21FN2O2S. The smallest absolute Gasteiger partial charge is 0.243 e. The third-order valence-electron chi connectivity index (χ3n) is 2.74. The lowest BCUT2D eigenvalue weighted by Gasteiger charge is -2.14. The predicted molar refractivity (Wildman–Crippen MR) is 73.9 cm³/mol. The third-order valence-corrected chi connectivity index (χ3v) is 4.37. The molecule has 0 aliphatic rings. The highest BCUT2D eigenvalue weighted by Gasteiger charge is 2.21. The zero-order chi connectivity index (χ0) is 14.5. The monoisotopic (exact) mass is 288 g/mol. The van der Waals surface area contributed by atoms with Crippen molar-refractivity contribution in [3.8, 4) is 0 Å². The molecule has 1 aromatic rings. The Balaban J connectivity index is 2.95. The summed E-state index contributed by atoms with van der Waals surface area (Å²) >= 11 is 0. The van der Waals surface area contributed by atoms with Crippen LogP contribution in [0.1, 0.15) is 32.3 Å². The summed E-state index contributed by atoms with van der Waals surface area (Å²) in [5, 5.41) is 2.89. The molecule has 1 unspecified atom stereocenters. The summed E-state index contributed by atoms with van der Waals surface area (Å²) in [6, 6.07) is 3.96. The molecule has 2 N–H and O–H groups in total. The molecule has 1 aromatic carbocycles. The fraction of sp³-hybridized carbons (Fsp3) is 0.538. The van der Waals surface area contributed by atoms with Crippen molar-refractivity contribution in [2.75, 3.05) is 7.05 Å². The first-order valence-corrected chi connectivity index (χ1v) is 7.84. The standard InChI is InChI=1S/C13H21FN2O2S/c1-4-5-10(2)16-19(17,18)13-7-6-11(9-15-3)8-12(13)14/h6-8,10,15-16H,4-5,9H2,1-3H3. The summed E-state index contributed by atoms with van der Waals surface area (Å²) in [4.78, 5) is -0.296. The van der Waals surface area contributed by atoms with Crippen molar-refractivity contribution in [3.63, 3.8) is 0 Å². The Bertz CT molecular complexity index is 517. The van der Waals surface area contributed by atoms with Gasteiger partial charge in [0.2, 0.25) is 10.0 Å². The second-order valence-electron chi connectivity index (χ2n) is 4.61. The van der Waals surface area contributed by atoms with E-state index in [1.165, 1.54) is 12.1 Å². The van der Waals surface area contributed by atoms with Crippen LogP contribution in [0.15, 0.2) is 23.1 Å². The Kier molecular flexibility index (Phi) is 5.90. The van der Waals surface area contributed by atoms with Gasteiger partial charge in [0.1, 0.15) is 10.7 Å². The van der Waals surface area contributed by atoms with E-state index in [1.54, 1.807) is 20.0 Å². The molecule has 0 saturated carbocycles. The van der Waals surface area contributed by atoms with E-state index >= 15 is 0 Å². The highest BCUT2D eigenvalue weighted by molar-refractivity contribution is 7.89. The van der Waals surface area contributed by atoms with Gasteiger partial charge in [0.25, 0.3) is 0 Å². The van der Waals surface area contributed by atoms with Gasteiger partial charge in [0, 0.05) is 12.6 Å². The van der Waals surface area contributed by atoms with Crippen molar-refractivity contribution < 1.29 is 12.8 Å². The number of rotatable bonds is 7. The van der Waals surface area contributed by atoms with E-state index < -0.39 is 15.8 Å². The fourth-order valence-corrected chi connectivity index (χ4v) is 3.23. The van der Waals surface area contributed by atoms with Gasteiger partial charge in [-0.05, 0) is 38.1 Å². The van der Waals surface area contributed by atoms with E-state index in [4.69, 9.17) is 0 Å². The molecular weight excluding hydrogens is 267 g/mol. The molecule has 4 nitrogen and oxygen atoms in total. The minimum absolute atomic E-state index is 0.202. The minimum atomic E-state index is -3.79. The van der Waals surface area contributed by atoms with Crippen molar-refractivity contribution in [1.29, 1.82) is 0 Å². The Morgan fingerprint density at radius 3 is 2.58 bits per heavy atom. The summed E-state index contributed by atoms with van der Waals surface area (Å²) < 4.78 is 40.4. The lowest BCUT2D eigenvalue weighted by atomic mass is 10.2. The fourth-order valence-electron chi connectivity index (χ4n) is 1.90. The third kappa shape index (κ3) is 4.56. The van der Waals surface area contributed by atoms with Gasteiger partial charge in [-0.2, -0.15) is 0 Å². The van der Waals surface area contributed by atoms with E-state index in [0.717, 1.165) is 12.8 Å². The predicted octanol–water partition coefficient (Wildman–Crippen LogP) is 2.01. The van der Waals surface area contributed by atoms with Crippen LogP contribution < -0.4 is 10.0 Å². The molecule has 0 aliphatic heterocycles. The van der Waals surface area contributed by atoms with Gasteiger partial charge < -0.3 is 5.32 Å². The van der Waals surface area contributed by atoms with Gasteiger partial charge in [-0.15, -0.1) is 0 Å². The molecule has 0 aliphatic carbocycles. The molecule has 0 radical (unpaired) electrons. The van der Waals surface area contributed by atoms with Crippen molar-refractivity contribution in [2.24, 2.45) is 0 Å². The molecule has 0 saturated heterocycles. The number of halogens is 1. The van der Waals surface area contributed by atoms with Gasteiger partial charge >= 0.3 is 0 Å². The largest absolute Gasteiger partial charge is 0.316 e. The number of hydrogen-bond donors (Lipinski definition) is 2. The first kappa shape index (κ1) is 16.1. The van der Waals surface area contributed by atoms with Crippen LogP contribution >= 0.6 is 0 Å². The van der Waals surface area contributed by atoms with Crippen molar-refractivity contribution in [3.05, 3.63) is 29.6 Å². The van der Waals surface area contributed by atoms with Gasteiger partial charge in [0.15, 0.2) is 0 Å². The molecule has 19 heavy (non-hydrogen) atoms. The molecule has 0 bridgehead atoms. The van der Waals surface area contributed by atoms with Crippen molar-refractivity contribution in [2.45, 2.75) is 44.2 Å². The zero-order valence-corrected chi connectivity index (χ0v) is 12.3. The van der Waals surface area contributed by atoms with Crippen LogP contribution in [-0.4, -0.2) is 21.5 Å². The maximum absolute atomic E-state index is 13.9. The highest BCUT2D eigenvalue weighted by atomic mass is 32.2. The molecule has 6 heteroatoms. The Morgan fingerprint density at radius 1 is 1.37 bits per heavy atom. The van der Waals surface area contributed by atoms with Crippen LogP contribution in [0.5, 0.6) is 0 Å². The van der Waals surface area contributed by atoms with Gasteiger partial charge in [-0.1, -0.05) is 19.4 Å². The normalized spacial score (nSPS) is 13.5. The van der Waals surface area contributed by atoms with Crippen LogP contribution in [0.2, 0.25) is 0 Å². The lowest BCUT2D eigenvalue weighted by Crippen LogP contribution is -2.33. The molecule has 0 aromatic heterocycles. The van der Waals surface area contributed by atoms with E-state index in [0.29, 0.717) is 12.1 Å². The topological polar surface area (TPSA) is 58.2 Å². The number of nitrogens with one attached hydrogen (secondary N) is 2. The summed E-state index contributed by atoms with van der Waals surface area (Å²) in [5.41, 5.74) is 0.709. The van der Waals surface area contributed by atoms with Crippen LogP contribution in [0, 0.1) is 5.82 Å². The first-order chi connectivity index (χ1) is 8.90. The summed E-state index contributed by atoms with van der Waals surface area (Å²) in [6.07, 6.45) is 1.59. The molecule has 0 amide bonds. The maximum Gasteiger partial charge on any atom is 0.243 e. The van der Waals surface area contributed by atoms with E-state index in [2.05, 4.69) is 10.0 Å². The van der Waals surface area contributed by atoms with Crippen molar-refractivity contribution in [1.82, 2.24) is 10.0 Å². The van der Waals surface area contributed by atoms with E-state index in [-0.39, 0.29) is 10.9 Å². The summed E-state index contributed by atoms with van der Waals surface area (Å²) in [5.74, 6) is -0.719. The molecule has 0 heterocycles. The zero-order valence-electron chi connectivity index (χ0n) is 11.5. The molecule has 0 fully saturated rings. The van der Waals surface area contributed by atoms with Crippen LogP contribution in [0.25, 0.3) is 0 Å². The van der Waals surface area contributed by atoms with Gasteiger partial charge in [-0.3, -0.25) is 0 Å².